The highest BCUT2D eigenvalue weighted by molar-refractivity contribution is 6.32. The van der Waals surface area contributed by atoms with Gasteiger partial charge in [-0.3, -0.25) is 0 Å². The molecule has 0 fully saturated rings. The smallest absolute Gasteiger partial charge is 0.0930 e. The molecular formula is C26H26ClN3O. The molecule has 0 bridgehead atoms. The zero-order valence-electron chi connectivity index (χ0n) is 18.1. The van der Waals surface area contributed by atoms with Crippen LogP contribution in [-0.2, 0) is 18.6 Å². The Balaban J connectivity index is 1.49. The number of aryl methyl sites for hydroxylation is 1. The van der Waals surface area contributed by atoms with Gasteiger partial charge in [0, 0.05) is 29.9 Å². The first-order chi connectivity index (χ1) is 14.8. The van der Waals surface area contributed by atoms with Crippen LogP contribution in [0.2, 0.25) is 5.02 Å². The predicted octanol–water partition coefficient (Wildman–Crippen LogP) is 5.78. The van der Waals surface area contributed by atoms with Crippen molar-refractivity contribution in [2.24, 2.45) is 0 Å². The number of fused-ring (bicyclic) bond motifs is 2. The van der Waals surface area contributed by atoms with E-state index in [0.29, 0.717) is 5.02 Å². The first kappa shape index (κ1) is 20.1. The molecule has 4 aromatic rings. The number of hydrogen-bond donors (Lipinski definition) is 1. The molecule has 0 radical (unpaired) electrons. The summed E-state index contributed by atoms with van der Waals surface area (Å²) in [4.78, 5) is 2.38. The van der Waals surface area contributed by atoms with Gasteiger partial charge in [0.05, 0.1) is 21.8 Å². The Bertz CT molecular complexity index is 1290. The maximum absolute atomic E-state index is 10.3. The van der Waals surface area contributed by atoms with Crippen LogP contribution < -0.4 is 4.90 Å². The van der Waals surface area contributed by atoms with Crippen LogP contribution in [-0.4, -0.2) is 21.4 Å². The van der Waals surface area contributed by atoms with Gasteiger partial charge in [-0.25, -0.2) is 4.68 Å². The lowest BCUT2D eigenvalue weighted by atomic mass is 9.91. The van der Waals surface area contributed by atoms with Crippen molar-refractivity contribution in [3.63, 3.8) is 0 Å². The molecule has 0 amide bonds. The van der Waals surface area contributed by atoms with Gasteiger partial charge in [0.25, 0.3) is 0 Å². The fourth-order valence-corrected chi connectivity index (χ4v) is 4.61. The van der Waals surface area contributed by atoms with Crippen molar-refractivity contribution in [3.05, 3.63) is 88.1 Å². The second-order valence-corrected chi connectivity index (χ2v) is 9.27. The van der Waals surface area contributed by atoms with Gasteiger partial charge >= 0.3 is 0 Å². The van der Waals surface area contributed by atoms with Crippen LogP contribution in [0.15, 0.2) is 60.7 Å². The Labute approximate surface area is 187 Å². The van der Waals surface area contributed by atoms with Crippen LogP contribution in [0.5, 0.6) is 0 Å². The summed E-state index contributed by atoms with van der Waals surface area (Å²) in [7, 11) is 0. The molecule has 3 aromatic carbocycles. The van der Waals surface area contributed by atoms with Gasteiger partial charge < -0.3 is 10.0 Å². The van der Waals surface area contributed by atoms with E-state index in [1.54, 1.807) is 0 Å². The summed E-state index contributed by atoms with van der Waals surface area (Å²) >= 11 is 6.61. The Morgan fingerprint density at radius 1 is 1.00 bits per heavy atom. The molecule has 1 aromatic heterocycles. The van der Waals surface area contributed by atoms with Crippen LogP contribution in [0, 0.1) is 6.92 Å². The minimum absolute atomic E-state index is 0.687. The minimum atomic E-state index is -0.817. The third kappa shape index (κ3) is 3.60. The van der Waals surface area contributed by atoms with Crippen LogP contribution in [0.25, 0.3) is 16.6 Å². The van der Waals surface area contributed by atoms with E-state index < -0.39 is 5.60 Å². The molecule has 1 N–H and O–H groups in total. The second-order valence-electron chi connectivity index (χ2n) is 8.86. The molecule has 4 nitrogen and oxygen atoms in total. The molecule has 158 valence electrons. The molecule has 0 saturated heterocycles. The van der Waals surface area contributed by atoms with Crippen molar-refractivity contribution in [3.8, 4) is 5.69 Å². The van der Waals surface area contributed by atoms with Crippen molar-refractivity contribution in [2.45, 2.75) is 39.3 Å². The van der Waals surface area contributed by atoms with E-state index in [9.17, 15) is 5.11 Å². The van der Waals surface area contributed by atoms with E-state index >= 15 is 0 Å². The Morgan fingerprint density at radius 3 is 2.58 bits per heavy atom. The fraction of sp³-hybridized carbons (Fsp3) is 0.269. The summed E-state index contributed by atoms with van der Waals surface area (Å²) in [6, 6.07) is 20.7. The van der Waals surface area contributed by atoms with E-state index in [4.69, 9.17) is 16.7 Å². The van der Waals surface area contributed by atoms with E-state index in [0.717, 1.165) is 53.0 Å². The van der Waals surface area contributed by atoms with Crippen molar-refractivity contribution in [1.29, 1.82) is 0 Å². The SMILES string of the molecule is Cc1c2ccccc2nn1-c1cc(N2CCc3cc(C(C)(C)O)ccc3C2)ccc1Cl. The number of hydrogen-bond acceptors (Lipinski definition) is 3. The molecule has 0 unspecified atom stereocenters. The molecule has 5 rings (SSSR count). The second kappa shape index (κ2) is 7.40. The summed E-state index contributed by atoms with van der Waals surface area (Å²) in [5.41, 5.74) is 6.86. The summed E-state index contributed by atoms with van der Waals surface area (Å²) < 4.78 is 1.95. The van der Waals surface area contributed by atoms with Gasteiger partial charge in [-0.1, -0.05) is 48.0 Å². The normalized spacial score (nSPS) is 14.2. The molecule has 0 spiro atoms. The molecular weight excluding hydrogens is 406 g/mol. The van der Waals surface area contributed by atoms with Gasteiger partial charge in [-0.2, -0.15) is 5.10 Å². The molecule has 1 aliphatic heterocycles. The summed E-state index contributed by atoms with van der Waals surface area (Å²) in [5.74, 6) is 0. The molecule has 0 saturated carbocycles. The van der Waals surface area contributed by atoms with Crippen molar-refractivity contribution in [2.75, 3.05) is 11.4 Å². The van der Waals surface area contributed by atoms with Gasteiger partial charge in [0.15, 0.2) is 0 Å². The molecule has 31 heavy (non-hydrogen) atoms. The minimum Gasteiger partial charge on any atom is -0.386 e. The quantitative estimate of drug-likeness (QED) is 0.447. The highest BCUT2D eigenvalue weighted by Gasteiger charge is 2.22. The molecule has 0 atom stereocenters. The van der Waals surface area contributed by atoms with Crippen LogP contribution >= 0.6 is 11.6 Å². The highest BCUT2D eigenvalue weighted by Crippen LogP contribution is 2.33. The number of benzene rings is 3. The summed E-state index contributed by atoms with van der Waals surface area (Å²) in [6.45, 7) is 7.50. The van der Waals surface area contributed by atoms with Crippen LogP contribution in [0.1, 0.15) is 36.2 Å². The maximum atomic E-state index is 10.3. The van der Waals surface area contributed by atoms with Gasteiger partial charge in [0.2, 0.25) is 0 Å². The molecule has 5 heteroatoms. The first-order valence-electron chi connectivity index (χ1n) is 10.6. The summed E-state index contributed by atoms with van der Waals surface area (Å²) in [5, 5.41) is 16.9. The number of anilines is 1. The van der Waals surface area contributed by atoms with E-state index in [1.807, 2.05) is 48.9 Å². The van der Waals surface area contributed by atoms with Crippen LogP contribution in [0.4, 0.5) is 5.69 Å². The number of rotatable bonds is 3. The fourth-order valence-electron chi connectivity index (χ4n) is 4.41. The third-order valence-corrected chi connectivity index (χ3v) is 6.59. The first-order valence-corrected chi connectivity index (χ1v) is 11.0. The molecule has 0 aliphatic carbocycles. The molecule has 1 aliphatic rings. The highest BCUT2D eigenvalue weighted by atomic mass is 35.5. The number of halogens is 1. The average Bonchev–Trinajstić information content (AvgIpc) is 3.09. The van der Waals surface area contributed by atoms with Gasteiger partial charge in [-0.05, 0) is 68.1 Å². The molecule has 2 heterocycles. The Kier molecular flexibility index (Phi) is 4.80. The van der Waals surface area contributed by atoms with Gasteiger partial charge in [0.1, 0.15) is 0 Å². The lowest BCUT2D eigenvalue weighted by molar-refractivity contribution is 0.0785. The van der Waals surface area contributed by atoms with Gasteiger partial charge in [-0.15, -0.1) is 0 Å². The number of nitrogens with zero attached hydrogens (tertiary/aromatic N) is 3. The van der Waals surface area contributed by atoms with E-state index in [2.05, 4.69) is 42.2 Å². The van der Waals surface area contributed by atoms with Crippen LogP contribution in [0.3, 0.4) is 0 Å². The lowest BCUT2D eigenvalue weighted by Gasteiger charge is -2.32. The zero-order valence-corrected chi connectivity index (χ0v) is 18.8. The standard InChI is InChI=1S/C26H26ClN3O/c1-17-22-6-4-5-7-24(22)28-30(17)25-15-21(10-11-23(25)27)29-13-12-18-14-20(26(2,3)31)9-8-19(18)16-29/h4-11,14-15,31H,12-13,16H2,1-3H3. The average molecular weight is 432 g/mol. The number of aromatic nitrogens is 2. The third-order valence-electron chi connectivity index (χ3n) is 6.27. The zero-order chi connectivity index (χ0) is 21.8. The summed E-state index contributed by atoms with van der Waals surface area (Å²) in [6.07, 6.45) is 0.946. The Morgan fingerprint density at radius 2 is 1.81 bits per heavy atom. The monoisotopic (exact) mass is 431 g/mol. The lowest BCUT2D eigenvalue weighted by Crippen LogP contribution is -2.31. The Hall–Kier alpha value is -2.82. The van der Waals surface area contributed by atoms with Crippen molar-refractivity contribution >= 4 is 28.2 Å². The van der Waals surface area contributed by atoms with Crippen molar-refractivity contribution < 1.29 is 5.11 Å². The maximum Gasteiger partial charge on any atom is 0.0930 e. The number of aliphatic hydroxyl groups is 1. The van der Waals surface area contributed by atoms with E-state index in [1.165, 1.54) is 11.1 Å². The topological polar surface area (TPSA) is 41.3 Å². The van der Waals surface area contributed by atoms with E-state index in [-0.39, 0.29) is 0 Å². The largest absolute Gasteiger partial charge is 0.386 e. The predicted molar refractivity (Wildman–Crippen MR) is 127 cm³/mol. The van der Waals surface area contributed by atoms with Crippen molar-refractivity contribution in [1.82, 2.24) is 9.78 Å².